The smallest absolute Gasteiger partial charge is 0.312 e. The van der Waals surface area contributed by atoms with Gasteiger partial charge in [0, 0.05) is 17.2 Å². The predicted molar refractivity (Wildman–Crippen MR) is 86.2 cm³/mol. The molecule has 0 atom stereocenters. The van der Waals surface area contributed by atoms with Gasteiger partial charge in [-0.05, 0) is 44.2 Å². The summed E-state index contributed by atoms with van der Waals surface area (Å²) in [4.78, 5) is 33.4. The van der Waals surface area contributed by atoms with Crippen LogP contribution in [0.2, 0.25) is 0 Å². The maximum Gasteiger partial charge on any atom is 0.312 e. The molecular weight excluding hydrogens is 314 g/mol. The highest BCUT2D eigenvalue weighted by Gasteiger charge is 2.20. The van der Waals surface area contributed by atoms with Gasteiger partial charge in [0.2, 0.25) is 5.75 Å². The van der Waals surface area contributed by atoms with Crippen molar-refractivity contribution in [1.82, 2.24) is 0 Å². The lowest BCUT2D eigenvalue weighted by molar-refractivity contribution is -0.385. The van der Waals surface area contributed by atoms with Gasteiger partial charge in [-0.3, -0.25) is 19.7 Å². The molecule has 0 aromatic heterocycles. The van der Waals surface area contributed by atoms with Gasteiger partial charge in [-0.2, -0.15) is 0 Å². The third-order valence-corrected chi connectivity index (χ3v) is 3.35. The summed E-state index contributed by atoms with van der Waals surface area (Å²) in [7, 11) is 1.40. The number of methoxy groups -OCH3 is 1. The largest absolute Gasteiger partial charge is 0.493 e. The Morgan fingerprint density at radius 2 is 1.46 bits per heavy atom. The van der Waals surface area contributed by atoms with Crippen LogP contribution in [0.4, 0.5) is 5.69 Å². The van der Waals surface area contributed by atoms with Crippen molar-refractivity contribution < 1.29 is 24.0 Å². The summed E-state index contributed by atoms with van der Waals surface area (Å²) >= 11 is 0. The fourth-order valence-corrected chi connectivity index (χ4v) is 2.05. The average Bonchev–Trinajstić information content (AvgIpc) is 2.54. The minimum absolute atomic E-state index is 0.0288. The third-order valence-electron chi connectivity index (χ3n) is 3.35. The number of ketones is 2. The molecule has 0 amide bonds. The number of nitro benzene ring substituents is 1. The highest BCUT2D eigenvalue weighted by molar-refractivity contribution is 5.95. The SMILES string of the molecule is COc1cc(C(C)=O)ccc1Oc1ccc(C(C)=O)cc1[N+](=O)[O-]. The van der Waals surface area contributed by atoms with Crippen LogP contribution in [0.15, 0.2) is 36.4 Å². The number of hydrogen-bond donors (Lipinski definition) is 0. The van der Waals surface area contributed by atoms with Crippen molar-refractivity contribution >= 4 is 17.3 Å². The van der Waals surface area contributed by atoms with E-state index in [1.54, 1.807) is 0 Å². The second-order valence-corrected chi connectivity index (χ2v) is 5.02. The Hall–Kier alpha value is -3.22. The zero-order valence-electron chi connectivity index (χ0n) is 13.4. The van der Waals surface area contributed by atoms with Crippen molar-refractivity contribution in [2.45, 2.75) is 13.8 Å². The van der Waals surface area contributed by atoms with Gasteiger partial charge in [0.25, 0.3) is 0 Å². The summed E-state index contributed by atoms with van der Waals surface area (Å²) in [6, 6.07) is 8.49. The van der Waals surface area contributed by atoms with E-state index in [1.807, 2.05) is 0 Å². The second-order valence-electron chi connectivity index (χ2n) is 5.02. The molecular formula is C17H15NO6. The first-order valence-corrected chi connectivity index (χ1v) is 6.99. The zero-order chi connectivity index (χ0) is 17.9. The molecule has 2 rings (SSSR count). The van der Waals surface area contributed by atoms with Crippen LogP contribution in [0.1, 0.15) is 34.6 Å². The van der Waals surface area contributed by atoms with E-state index < -0.39 is 4.92 Å². The fourth-order valence-electron chi connectivity index (χ4n) is 2.05. The minimum Gasteiger partial charge on any atom is -0.493 e. The molecule has 0 aliphatic rings. The van der Waals surface area contributed by atoms with Crippen molar-refractivity contribution in [3.63, 3.8) is 0 Å². The number of carbonyl (C=O) groups is 2. The first kappa shape index (κ1) is 17.1. The van der Waals surface area contributed by atoms with Gasteiger partial charge >= 0.3 is 5.69 Å². The van der Waals surface area contributed by atoms with E-state index in [-0.39, 0.29) is 40.1 Å². The van der Waals surface area contributed by atoms with Gasteiger partial charge in [-0.25, -0.2) is 0 Å². The van der Waals surface area contributed by atoms with Crippen LogP contribution in [-0.2, 0) is 0 Å². The van der Waals surface area contributed by atoms with Crippen LogP contribution < -0.4 is 9.47 Å². The number of carbonyl (C=O) groups excluding carboxylic acids is 2. The Morgan fingerprint density at radius 3 is 1.96 bits per heavy atom. The van der Waals surface area contributed by atoms with Crippen molar-refractivity contribution in [2.75, 3.05) is 7.11 Å². The van der Waals surface area contributed by atoms with E-state index in [0.29, 0.717) is 5.56 Å². The minimum atomic E-state index is -0.627. The van der Waals surface area contributed by atoms with Crippen LogP contribution >= 0.6 is 0 Å². The van der Waals surface area contributed by atoms with Crippen LogP contribution in [0, 0.1) is 10.1 Å². The van der Waals surface area contributed by atoms with Gasteiger partial charge in [-0.1, -0.05) is 0 Å². The molecule has 2 aromatic carbocycles. The molecule has 0 N–H and O–H groups in total. The van der Waals surface area contributed by atoms with Gasteiger partial charge in [-0.15, -0.1) is 0 Å². The molecule has 2 aromatic rings. The van der Waals surface area contributed by atoms with Crippen molar-refractivity contribution in [2.24, 2.45) is 0 Å². The van der Waals surface area contributed by atoms with Crippen LogP contribution in [-0.4, -0.2) is 23.6 Å². The monoisotopic (exact) mass is 329 g/mol. The molecule has 0 aliphatic carbocycles. The quantitative estimate of drug-likeness (QED) is 0.454. The molecule has 24 heavy (non-hydrogen) atoms. The Labute approximate surface area is 138 Å². The first-order chi connectivity index (χ1) is 11.3. The lowest BCUT2D eigenvalue weighted by Gasteiger charge is -2.11. The first-order valence-electron chi connectivity index (χ1n) is 6.99. The molecule has 0 heterocycles. The summed E-state index contributed by atoms with van der Waals surface area (Å²) in [5.41, 5.74) is 0.314. The molecule has 0 radical (unpaired) electrons. The Morgan fingerprint density at radius 1 is 0.917 bits per heavy atom. The van der Waals surface area contributed by atoms with Crippen LogP contribution in [0.5, 0.6) is 17.2 Å². The van der Waals surface area contributed by atoms with Gasteiger partial charge in [0.05, 0.1) is 12.0 Å². The van der Waals surface area contributed by atoms with Crippen molar-refractivity contribution in [1.29, 1.82) is 0 Å². The summed E-state index contributed by atoms with van der Waals surface area (Å²) < 4.78 is 10.7. The highest BCUT2D eigenvalue weighted by Crippen LogP contribution is 2.37. The Kier molecular flexibility index (Phi) is 4.93. The molecule has 0 saturated heterocycles. The third kappa shape index (κ3) is 3.57. The summed E-state index contributed by atoms with van der Waals surface area (Å²) in [6.07, 6.45) is 0. The van der Waals surface area contributed by atoms with E-state index in [1.165, 1.54) is 51.3 Å². The lowest BCUT2D eigenvalue weighted by atomic mass is 10.1. The molecule has 7 nitrogen and oxygen atoms in total. The Balaban J connectivity index is 2.46. The average molecular weight is 329 g/mol. The standard InChI is InChI=1S/C17H15NO6/c1-10(19)12-4-6-15(14(8-12)18(21)22)24-16-7-5-13(11(2)20)9-17(16)23-3/h4-9H,1-3H3. The van der Waals surface area contributed by atoms with E-state index in [9.17, 15) is 19.7 Å². The molecule has 0 unspecified atom stereocenters. The molecule has 124 valence electrons. The van der Waals surface area contributed by atoms with Crippen LogP contribution in [0.25, 0.3) is 0 Å². The van der Waals surface area contributed by atoms with E-state index >= 15 is 0 Å². The molecule has 7 heteroatoms. The maximum atomic E-state index is 11.4. The number of benzene rings is 2. The fraction of sp³-hybridized carbons (Fsp3) is 0.176. The zero-order valence-corrected chi connectivity index (χ0v) is 13.4. The topological polar surface area (TPSA) is 95.7 Å². The van der Waals surface area contributed by atoms with E-state index in [4.69, 9.17) is 9.47 Å². The van der Waals surface area contributed by atoms with Gasteiger partial charge < -0.3 is 9.47 Å². The predicted octanol–water partition coefficient (Wildman–Crippen LogP) is 3.80. The molecule has 0 fully saturated rings. The number of rotatable bonds is 6. The number of hydrogen-bond acceptors (Lipinski definition) is 6. The summed E-state index contributed by atoms with van der Waals surface area (Å²) in [5.74, 6) is 0.0392. The van der Waals surface area contributed by atoms with Gasteiger partial charge in [0.15, 0.2) is 23.1 Å². The molecule has 0 bridgehead atoms. The van der Waals surface area contributed by atoms with Gasteiger partial charge in [0.1, 0.15) is 0 Å². The number of nitro groups is 1. The molecule has 0 spiro atoms. The van der Waals surface area contributed by atoms with E-state index in [2.05, 4.69) is 0 Å². The number of ether oxygens (including phenoxy) is 2. The van der Waals surface area contributed by atoms with E-state index in [0.717, 1.165) is 6.07 Å². The number of nitrogens with zero attached hydrogens (tertiary/aromatic N) is 1. The molecule has 0 aliphatic heterocycles. The van der Waals surface area contributed by atoms with Crippen molar-refractivity contribution in [3.05, 3.63) is 57.6 Å². The lowest BCUT2D eigenvalue weighted by Crippen LogP contribution is -2.00. The highest BCUT2D eigenvalue weighted by atomic mass is 16.6. The maximum absolute atomic E-state index is 11.4. The Bertz CT molecular complexity index is 828. The van der Waals surface area contributed by atoms with Crippen LogP contribution in [0.3, 0.4) is 0 Å². The normalized spacial score (nSPS) is 10.1. The summed E-state index contributed by atoms with van der Waals surface area (Å²) in [5, 5.41) is 11.2. The second kappa shape index (κ2) is 6.91. The summed E-state index contributed by atoms with van der Waals surface area (Å²) in [6.45, 7) is 2.74. The van der Waals surface area contributed by atoms with Crippen molar-refractivity contribution in [3.8, 4) is 17.2 Å². The molecule has 0 saturated carbocycles. The number of Topliss-reactive ketones (excluding diaryl/α,β-unsaturated/α-hetero) is 2.